The van der Waals surface area contributed by atoms with Gasteiger partial charge in [-0.05, 0) is 29.7 Å². The molecular weight excluding hydrogens is 292 g/mol. The van der Waals surface area contributed by atoms with E-state index in [4.69, 9.17) is 9.47 Å². The minimum absolute atomic E-state index is 0.768. The highest BCUT2D eigenvalue weighted by molar-refractivity contribution is 5.54. The van der Waals surface area contributed by atoms with Crippen molar-refractivity contribution in [3.8, 4) is 11.5 Å². The van der Waals surface area contributed by atoms with Crippen molar-refractivity contribution >= 4 is 11.6 Å². The van der Waals surface area contributed by atoms with Crippen molar-refractivity contribution in [1.82, 2.24) is 9.97 Å². The Morgan fingerprint density at radius 2 is 1.70 bits per heavy atom. The largest absolute Gasteiger partial charge is 0.493 e. The maximum absolute atomic E-state index is 5.42. The van der Waals surface area contributed by atoms with Gasteiger partial charge in [0.25, 0.3) is 0 Å². The van der Waals surface area contributed by atoms with Gasteiger partial charge in [0.1, 0.15) is 18.0 Å². The van der Waals surface area contributed by atoms with Gasteiger partial charge in [0.05, 0.1) is 14.2 Å². The highest BCUT2D eigenvalue weighted by Gasteiger charge is 2.20. The Bertz CT molecular complexity index is 703. The molecule has 0 atom stereocenters. The summed E-state index contributed by atoms with van der Waals surface area (Å²) in [6, 6.07) is 6.16. The quantitative estimate of drug-likeness (QED) is 0.861. The number of ether oxygens (including phenoxy) is 2. The topological polar surface area (TPSA) is 50.7 Å². The second-order valence-electron chi connectivity index (χ2n) is 5.78. The first-order chi connectivity index (χ1) is 11.1. The molecule has 23 heavy (non-hydrogen) atoms. The lowest BCUT2D eigenvalue weighted by Gasteiger charge is -2.30. The van der Waals surface area contributed by atoms with E-state index in [2.05, 4.69) is 27.0 Å². The fourth-order valence-corrected chi connectivity index (χ4v) is 2.83. The minimum Gasteiger partial charge on any atom is -0.493 e. The Balaban J connectivity index is 1.89. The highest BCUT2D eigenvalue weighted by Crippen LogP contribution is 2.34. The monoisotopic (exact) mass is 314 g/mol. The van der Waals surface area contributed by atoms with Gasteiger partial charge in [0.15, 0.2) is 11.5 Å². The van der Waals surface area contributed by atoms with Gasteiger partial charge in [-0.25, -0.2) is 9.97 Å². The summed E-state index contributed by atoms with van der Waals surface area (Å²) < 4.78 is 10.8. The van der Waals surface area contributed by atoms with E-state index in [1.54, 1.807) is 20.5 Å². The van der Waals surface area contributed by atoms with Crippen molar-refractivity contribution in [2.75, 3.05) is 44.7 Å². The number of fused-ring (bicyclic) bond motifs is 1. The van der Waals surface area contributed by atoms with Crippen molar-refractivity contribution in [2.24, 2.45) is 0 Å². The molecule has 6 nitrogen and oxygen atoms in total. The second-order valence-corrected chi connectivity index (χ2v) is 5.78. The first-order valence-electron chi connectivity index (χ1n) is 7.60. The molecule has 0 unspecified atom stereocenters. The third kappa shape index (κ3) is 3.02. The van der Waals surface area contributed by atoms with Gasteiger partial charge in [0, 0.05) is 33.3 Å². The van der Waals surface area contributed by atoms with Gasteiger partial charge in [-0.1, -0.05) is 0 Å². The van der Waals surface area contributed by atoms with Crippen LogP contribution in [0.1, 0.15) is 11.1 Å². The van der Waals surface area contributed by atoms with Gasteiger partial charge in [-0.15, -0.1) is 0 Å². The molecule has 0 bridgehead atoms. The molecule has 0 aliphatic carbocycles. The van der Waals surface area contributed by atoms with Gasteiger partial charge in [-0.3, -0.25) is 0 Å². The normalized spacial score (nSPS) is 13.5. The number of benzene rings is 1. The van der Waals surface area contributed by atoms with Crippen LogP contribution in [0.2, 0.25) is 0 Å². The Morgan fingerprint density at radius 1 is 1.00 bits per heavy atom. The van der Waals surface area contributed by atoms with Gasteiger partial charge in [0.2, 0.25) is 0 Å². The van der Waals surface area contributed by atoms with E-state index >= 15 is 0 Å². The molecule has 122 valence electrons. The van der Waals surface area contributed by atoms with Crippen LogP contribution >= 0.6 is 0 Å². The molecule has 3 rings (SSSR count). The molecule has 0 saturated carbocycles. The number of aromatic nitrogens is 2. The molecule has 0 amide bonds. The number of hydrogen-bond acceptors (Lipinski definition) is 6. The Morgan fingerprint density at radius 3 is 2.35 bits per heavy atom. The predicted octanol–water partition coefficient (Wildman–Crippen LogP) is 2.12. The zero-order valence-electron chi connectivity index (χ0n) is 14.0. The summed E-state index contributed by atoms with van der Waals surface area (Å²) in [6.07, 6.45) is 2.58. The van der Waals surface area contributed by atoms with E-state index in [1.165, 1.54) is 11.1 Å². The molecular formula is C17H22N4O2. The molecule has 1 aliphatic heterocycles. The minimum atomic E-state index is 0.768. The average Bonchev–Trinajstić information content (AvgIpc) is 2.60. The van der Waals surface area contributed by atoms with Crippen molar-refractivity contribution in [1.29, 1.82) is 0 Å². The van der Waals surface area contributed by atoms with Crippen LogP contribution in [0, 0.1) is 0 Å². The zero-order chi connectivity index (χ0) is 16.4. The van der Waals surface area contributed by atoms with Crippen LogP contribution < -0.4 is 19.3 Å². The van der Waals surface area contributed by atoms with Crippen LogP contribution in [0.5, 0.6) is 11.5 Å². The molecule has 0 spiro atoms. The summed E-state index contributed by atoms with van der Waals surface area (Å²) in [5.74, 6) is 3.42. The molecule has 2 heterocycles. The third-order valence-corrected chi connectivity index (χ3v) is 4.14. The van der Waals surface area contributed by atoms with E-state index in [-0.39, 0.29) is 0 Å². The highest BCUT2D eigenvalue weighted by atomic mass is 16.5. The van der Waals surface area contributed by atoms with E-state index in [0.717, 1.165) is 42.6 Å². The smallest absolute Gasteiger partial charge is 0.161 e. The molecule has 1 aromatic heterocycles. The summed E-state index contributed by atoms with van der Waals surface area (Å²) in [4.78, 5) is 13.0. The second kappa shape index (κ2) is 6.32. The first kappa shape index (κ1) is 15.4. The van der Waals surface area contributed by atoms with E-state index in [0.29, 0.717) is 0 Å². The third-order valence-electron chi connectivity index (χ3n) is 4.14. The Kier molecular flexibility index (Phi) is 4.23. The van der Waals surface area contributed by atoms with Gasteiger partial charge in [-0.2, -0.15) is 0 Å². The van der Waals surface area contributed by atoms with E-state index in [9.17, 15) is 0 Å². The molecule has 1 aromatic carbocycles. The maximum atomic E-state index is 5.42. The van der Waals surface area contributed by atoms with Crippen molar-refractivity contribution in [3.05, 3.63) is 35.7 Å². The number of methoxy groups -OCH3 is 2. The number of anilines is 2. The lowest BCUT2D eigenvalue weighted by Crippen LogP contribution is -2.31. The number of rotatable bonds is 4. The summed E-state index contributed by atoms with van der Waals surface area (Å²) in [6.45, 7) is 1.73. The molecule has 0 fully saturated rings. The van der Waals surface area contributed by atoms with Gasteiger partial charge < -0.3 is 19.3 Å². The Labute approximate surface area is 136 Å². The first-order valence-corrected chi connectivity index (χ1v) is 7.60. The standard InChI is InChI=1S/C17H22N4O2/c1-20(2)16-9-17(19-11-18-16)21-6-5-12-7-14(22-3)15(23-4)8-13(12)10-21/h7-9,11H,5-6,10H2,1-4H3. The predicted molar refractivity (Wildman–Crippen MR) is 90.7 cm³/mol. The lowest BCUT2D eigenvalue weighted by atomic mass is 9.99. The van der Waals surface area contributed by atoms with Crippen LogP contribution in [0.25, 0.3) is 0 Å². The Hall–Kier alpha value is -2.50. The average molecular weight is 314 g/mol. The molecule has 0 N–H and O–H groups in total. The van der Waals surface area contributed by atoms with Crippen LogP contribution in [-0.4, -0.2) is 44.8 Å². The van der Waals surface area contributed by atoms with Crippen LogP contribution in [0.3, 0.4) is 0 Å². The van der Waals surface area contributed by atoms with Crippen LogP contribution in [-0.2, 0) is 13.0 Å². The van der Waals surface area contributed by atoms with Crippen LogP contribution in [0.15, 0.2) is 24.5 Å². The van der Waals surface area contributed by atoms with Crippen LogP contribution in [0.4, 0.5) is 11.6 Å². The summed E-state index contributed by atoms with van der Waals surface area (Å²) in [5.41, 5.74) is 2.56. The molecule has 2 aromatic rings. The van der Waals surface area contributed by atoms with E-state index in [1.807, 2.05) is 25.1 Å². The maximum Gasteiger partial charge on any atom is 0.161 e. The number of hydrogen-bond donors (Lipinski definition) is 0. The van der Waals surface area contributed by atoms with Crippen molar-refractivity contribution in [3.63, 3.8) is 0 Å². The summed E-state index contributed by atoms with van der Waals surface area (Å²) in [5, 5.41) is 0. The van der Waals surface area contributed by atoms with Crippen molar-refractivity contribution < 1.29 is 9.47 Å². The molecule has 0 saturated heterocycles. The SMILES string of the molecule is COc1cc2c(cc1OC)CN(c1cc(N(C)C)ncn1)CC2. The summed E-state index contributed by atoms with van der Waals surface area (Å²) >= 11 is 0. The fourth-order valence-electron chi connectivity index (χ4n) is 2.83. The fraction of sp³-hybridized carbons (Fsp3) is 0.412. The van der Waals surface area contributed by atoms with Gasteiger partial charge >= 0.3 is 0 Å². The molecule has 6 heteroatoms. The van der Waals surface area contributed by atoms with E-state index < -0.39 is 0 Å². The van der Waals surface area contributed by atoms with Crippen molar-refractivity contribution in [2.45, 2.75) is 13.0 Å². The molecule has 0 radical (unpaired) electrons. The number of nitrogens with zero attached hydrogens (tertiary/aromatic N) is 4. The lowest BCUT2D eigenvalue weighted by molar-refractivity contribution is 0.353. The summed E-state index contributed by atoms with van der Waals surface area (Å²) in [7, 11) is 7.30. The zero-order valence-corrected chi connectivity index (χ0v) is 14.0. The molecule has 1 aliphatic rings.